The van der Waals surface area contributed by atoms with Crippen LogP contribution in [-0.4, -0.2) is 22.5 Å². The van der Waals surface area contributed by atoms with Gasteiger partial charge in [-0.2, -0.15) is 4.39 Å². The van der Waals surface area contributed by atoms with Crippen molar-refractivity contribution in [2.45, 2.75) is 39.3 Å². The zero-order chi connectivity index (χ0) is 13.1. The molecule has 0 aromatic carbocycles. The molecule has 1 atom stereocenters. The number of nitrogens with zero attached hydrogens (tertiary/aromatic N) is 1. The molecule has 0 spiro atoms. The first kappa shape index (κ1) is 13.4. The van der Waals surface area contributed by atoms with Crippen molar-refractivity contribution in [2.75, 3.05) is 5.32 Å². The minimum Gasteiger partial charge on any atom is -0.359 e. The molecule has 0 aliphatic rings. The SMILES string of the molecule is CC(Nc1cccc(F)n1)C(=O)NC(C)(C)C. The highest BCUT2D eigenvalue weighted by Gasteiger charge is 2.19. The first-order chi connectivity index (χ1) is 7.78. The van der Waals surface area contributed by atoms with Gasteiger partial charge in [0.1, 0.15) is 11.9 Å². The van der Waals surface area contributed by atoms with E-state index in [9.17, 15) is 9.18 Å². The van der Waals surface area contributed by atoms with E-state index in [0.29, 0.717) is 5.82 Å². The van der Waals surface area contributed by atoms with Gasteiger partial charge in [-0.1, -0.05) is 6.07 Å². The fraction of sp³-hybridized carbons (Fsp3) is 0.500. The molecule has 1 unspecified atom stereocenters. The quantitative estimate of drug-likeness (QED) is 0.792. The van der Waals surface area contributed by atoms with Crippen molar-refractivity contribution in [3.8, 4) is 0 Å². The third kappa shape index (κ3) is 4.80. The van der Waals surface area contributed by atoms with E-state index in [4.69, 9.17) is 0 Å². The standard InChI is InChI=1S/C12H18FN3O/c1-8(11(17)16-12(2,3)4)14-10-7-5-6-9(13)15-10/h5-8H,1-4H3,(H,14,15)(H,16,17). The third-order valence-electron chi connectivity index (χ3n) is 1.97. The molecule has 0 fully saturated rings. The number of hydrogen-bond donors (Lipinski definition) is 2. The Morgan fingerprint density at radius 3 is 2.59 bits per heavy atom. The van der Waals surface area contributed by atoms with Crippen LogP contribution in [-0.2, 0) is 4.79 Å². The maximum atomic E-state index is 12.8. The highest BCUT2D eigenvalue weighted by Crippen LogP contribution is 2.06. The molecule has 17 heavy (non-hydrogen) atoms. The highest BCUT2D eigenvalue weighted by molar-refractivity contribution is 5.84. The smallest absolute Gasteiger partial charge is 0.242 e. The van der Waals surface area contributed by atoms with Crippen molar-refractivity contribution >= 4 is 11.7 Å². The Labute approximate surface area is 101 Å². The number of carbonyl (C=O) groups excluding carboxylic acids is 1. The fourth-order valence-corrected chi connectivity index (χ4v) is 1.25. The van der Waals surface area contributed by atoms with Gasteiger partial charge in [0, 0.05) is 5.54 Å². The molecule has 1 amide bonds. The van der Waals surface area contributed by atoms with E-state index in [0.717, 1.165) is 0 Å². The minimum absolute atomic E-state index is 0.149. The molecule has 0 radical (unpaired) electrons. The van der Waals surface area contributed by atoms with Gasteiger partial charge >= 0.3 is 0 Å². The number of halogens is 1. The number of aromatic nitrogens is 1. The summed E-state index contributed by atoms with van der Waals surface area (Å²) in [5, 5.41) is 5.67. The summed E-state index contributed by atoms with van der Waals surface area (Å²) in [7, 11) is 0. The molecule has 1 aromatic heterocycles. The average Bonchev–Trinajstić information content (AvgIpc) is 2.14. The third-order valence-corrected chi connectivity index (χ3v) is 1.97. The summed E-state index contributed by atoms with van der Waals surface area (Å²) in [5.74, 6) is -0.372. The van der Waals surface area contributed by atoms with Crippen LogP contribution in [0.2, 0.25) is 0 Å². The lowest BCUT2D eigenvalue weighted by Crippen LogP contribution is -2.47. The second-order valence-electron chi connectivity index (χ2n) is 4.95. The van der Waals surface area contributed by atoms with Crippen LogP contribution in [0.3, 0.4) is 0 Å². The molecular formula is C12H18FN3O. The first-order valence-electron chi connectivity index (χ1n) is 5.49. The number of pyridine rings is 1. The van der Waals surface area contributed by atoms with Gasteiger partial charge in [-0.15, -0.1) is 0 Å². The van der Waals surface area contributed by atoms with Crippen molar-refractivity contribution in [3.05, 3.63) is 24.1 Å². The Morgan fingerprint density at radius 2 is 2.06 bits per heavy atom. The predicted molar refractivity (Wildman–Crippen MR) is 65.2 cm³/mol. The van der Waals surface area contributed by atoms with Gasteiger partial charge in [0.05, 0.1) is 0 Å². The number of carbonyl (C=O) groups is 1. The summed E-state index contributed by atoms with van der Waals surface area (Å²) >= 11 is 0. The molecule has 0 aliphatic carbocycles. The van der Waals surface area contributed by atoms with Crippen LogP contribution in [0.4, 0.5) is 10.2 Å². The van der Waals surface area contributed by atoms with Crippen LogP contribution in [0.1, 0.15) is 27.7 Å². The lowest BCUT2D eigenvalue weighted by molar-refractivity contribution is -0.122. The topological polar surface area (TPSA) is 54.0 Å². The van der Waals surface area contributed by atoms with Crippen LogP contribution in [0.15, 0.2) is 18.2 Å². The van der Waals surface area contributed by atoms with Crippen LogP contribution in [0.5, 0.6) is 0 Å². The molecule has 0 bridgehead atoms. The lowest BCUT2D eigenvalue weighted by atomic mass is 10.1. The second kappa shape index (κ2) is 5.12. The second-order valence-corrected chi connectivity index (χ2v) is 4.95. The van der Waals surface area contributed by atoms with Crippen LogP contribution in [0, 0.1) is 5.95 Å². The van der Waals surface area contributed by atoms with Crippen LogP contribution >= 0.6 is 0 Å². The first-order valence-corrected chi connectivity index (χ1v) is 5.49. The van der Waals surface area contributed by atoms with Crippen molar-refractivity contribution in [2.24, 2.45) is 0 Å². The van der Waals surface area contributed by atoms with Gasteiger partial charge in [0.15, 0.2) is 0 Å². The number of nitrogens with one attached hydrogen (secondary N) is 2. The molecule has 2 N–H and O–H groups in total. The zero-order valence-corrected chi connectivity index (χ0v) is 10.5. The van der Waals surface area contributed by atoms with Gasteiger partial charge in [-0.3, -0.25) is 4.79 Å². The van der Waals surface area contributed by atoms with Gasteiger partial charge in [0.25, 0.3) is 0 Å². The number of hydrogen-bond acceptors (Lipinski definition) is 3. The monoisotopic (exact) mass is 239 g/mol. The Morgan fingerprint density at radius 1 is 1.41 bits per heavy atom. The van der Waals surface area contributed by atoms with E-state index in [1.807, 2.05) is 20.8 Å². The van der Waals surface area contributed by atoms with E-state index in [1.165, 1.54) is 6.07 Å². The van der Waals surface area contributed by atoms with Crippen molar-refractivity contribution in [1.29, 1.82) is 0 Å². The molecule has 0 saturated heterocycles. The largest absolute Gasteiger partial charge is 0.359 e. The van der Waals surface area contributed by atoms with E-state index < -0.39 is 12.0 Å². The predicted octanol–water partition coefficient (Wildman–Crippen LogP) is 1.94. The molecular weight excluding hydrogens is 221 g/mol. The van der Waals surface area contributed by atoms with Crippen molar-refractivity contribution < 1.29 is 9.18 Å². The van der Waals surface area contributed by atoms with Gasteiger partial charge in [-0.25, -0.2) is 4.98 Å². The molecule has 0 aliphatic heterocycles. The normalized spacial score (nSPS) is 13.0. The summed E-state index contributed by atoms with van der Waals surface area (Å²) in [4.78, 5) is 15.4. The van der Waals surface area contributed by atoms with Crippen LogP contribution < -0.4 is 10.6 Å². The lowest BCUT2D eigenvalue weighted by Gasteiger charge is -2.23. The maximum Gasteiger partial charge on any atom is 0.242 e. The van der Waals surface area contributed by atoms with E-state index in [2.05, 4.69) is 15.6 Å². The highest BCUT2D eigenvalue weighted by atomic mass is 19.1. The summed E-state index contributed by atoms with van der Waals surface area (Å²) in [5.41, 5.74) is -0.289. The molecule has 1 rings (SSSR count). The van der Waals surface area contributed by atoms with Gasteiger partial charge < -0.3 is 10.6 Å². The average molecular weight is 239 g/mol. The fourth-order valence-electron chi connectivity index (χ4n) is 1.25. The van der Waals surface area contributed by atoms with Gasteiger partial charge in [-0.05, 0) is 39.8 Å². The Kier molecular flexibility index (Phi) is 4.04. The van der Waals surface area contributed by atoms with Crippen molar-refractivity contribution in [1.82, 2.24) is 10.3 Å². The summed E-state index contributed by atoms with van der Waals surface area (Å²) < 4.78 is 12.8. The van der Waals surface area contributed by atoms with E-state index >= 15 is 0 Å². The summed E-state index contributed by atoms with van der Waals surface area (Å²) in [6.07, 6.45) is 0. The minimum atomic E-state index is -0.571. The zero-order valence-electron chi connectivity index (χ0n) is 10.5. The maximum absolute atomic E-state index is 12.8. The molecule has 1 heterocycles. The molecule has 4 nitrogen and oxygen atoms in total. The number of amides is 1. The van der Waals surface area contributed by atoms with Crippen LogP contribution in [0.25, 0.3) is 0 Å². The van der Waals surface area contributed by atoms with Gasteiger partial charge in [0.2, 0.25) is 11.9 Å². The number of rotatable bonds is 3. The molecule has 1 aromatic rings. The summed E-state index contributed by atoms with van der Waals surface area (Å²) in [6, 6.07) is 3.94. The van der Waals surface area contributed by atoms with E-state index in [-0.39, 0.29) is 11.4 Å². The molecule has 94 valence electrons. The Hall–Kier alpha value is -1.65. The molecule has 5 heteroatoms. The Balaban J connectivity index is 2.60. The number of anilines is 1. The summed E-state index contributed by atoms with van der Waals surface area (Å²) in [6.45, 7) is 7.40. The Bertz CT molecular complexity index is 401. The molecule has 0 saturated carbocycles. The van der Waals surface area contributed by atoms with E-state index in [1.54, 1.807) is 19.1 Å². The van der Waals surface area contributed by atoms with Crippen molar-refractivity contribution in [3.63, 3.8) is 0 Å².